The van der Waals surface area contributed by atoms with Gasteiger partial charge in [-0.05, 0) is 25.1 Å². The molecule has 0 bridgehead atoms. The minimum absolute atomic E-state index is 0.268. The largest absolute Gasteiger partial charge is 0.493 e. The Labute approximate surface area is 144 Å². The Balaban J connectivity index is 2.24. The molecule has 23 heavy (non-hydrogen) atoms. The average molecular weight is 355 g/mol. The molecular weight excluding hydrogens is 339 g/mol. The van der Waals surface area contributed by atoms with Crippen LogP contribution in [0.3, 0.4) is 0 Å². The highest BCUT2D eigenvalue weighted by molar-refractivity contribution is 6.32. The summed E-state index contributed by atoms with van der Waals surface area (Å²) in [6, 6.07) is 10.2. The van der Waals surface area contributed by atoms with E-state index < -0.39 is 12.1 Å². The molecule has 0 radical (unpaired) electrons. The molecule has 2 aromatic rings. The predicted octanol–water partition coefficient (Wildman–Crippen LogP) is 4.93. The van der Waals surface area contributed by atoms with Crippen molar-refractivity contribution in [2.45, 2.75) is 13.0 Å². The van der Waals surface area contributed by atoms with Crippen molar-refractivity contribution in [1.82, 2.24) is 0 Å². The van der Waals surface area contributed by atoms with E-state index in [-0.39, 0.29) is 10.6 Å². The molecule has 1 unspecified atom stereocenters. The first-order chi connectivity index (χ1) is 11.0. The van der Waals surface area contributed by atoms with Gasteiger partial charge in [-0.25, -0.2) is 4.79 Å². The number of ether oxygens (including phenoxy) is 3. The smallest absolute Gasteiger partial charge is 0.338 e. The summed E-state index contributed by atoms with van der Waals surface area (Å²) in [5.74, 6) is 0.197. The lowest BCUT2D eigenvalue weighted by Gasteiger charge is -2.16. The Kier molecular flexibility index (Phi) is 5.74. The van der Waals surface area contributed by atoms with Gasteiger partial charge in [0, 0.05) is 10.6 Å². The van der Waals surface area contributed by atoms with E-state index in [4.69, 9.17) is 37.4 Å². The van der Waals surface area contributed by atoms with E-state index in [1.54, 1.807) is 13.0 Å². The summed E-state index contributed by atoms with van der Waals surface area (Å²) in [7, 11) is 2.94. The van der Waals surface area contributed by atoms with E-state index in [0.717, 1.165) is 5.56 Å². The minimum Gasteiger partial charge on any atom is -0.493 e. The van der Waals surface area contributed by atoms with Crippen molar-refractivity contribution < 1.29 is 19.0 Å². The van der Waals surface area contributed by atoms with Crippen LogP contribution >= 0.6 is 23.2 Å². The lowest BCUT2D eigenvalue weighted by atomic mass is 10.1. The molecule has 0 aromatic heterocycles. The number of hydrogen-bond donors (Lipinski definition) is 0. The molecule has 0 heterocycles. The maximum absolute atomic E-state index is 12.3. The number of carbonyl (C=O) groups excluding carboxylic acids is 1. The summed E-state index contributed by atoms with van der Waals surface area (Å²) in [4.78, 5) is 12.3. The monoisotopic (exact) mass is 354 g/mol. The summed E-state index contributed by atoms with van der Waals surface area (Å²) < 4.78 is 15.8. The molecule has 0 aliphatic heterocycles. The van der Waals surface area contributed by atoms with Crippen molar-refractivity contribution in [1.29, 1.82) is 0 Å². The van der Waals surface area contributed by atoms with Gasteiger partial charge >= 0.3 is 5.97 Å². The lowest BCUT2D eigenvalue weighted by Crippen LogP contribution is -2.10. The van der Waals surface area contributed by atoms with E-state index in [1.807, 2.05) is 18.2 Å². The molecule has 6 heteroatoms. The van der Waals surface area contributed by atoms with E-state index in [9.17, 15) is 4.79 Å². The quantitative estimate of drug-likeness (QED) is 0.714. The second kappa shape index (κ2) is 7.57. The number of halogens is 2. The van der Waals surface area contributed by atoms with Gasteiger partial charge in [-0.3, -0.25) is 0 Å². The standard InChI is InChI=1S/C17H16Cl2O4/c1-10(12-6-4-5-7-13(12)18)23-17(20)11-8-14(19)16(22-3)15(9-11)21-2/h4-10H,1-3H3. The zero-order valence-electron chi connectivity index (χ0n) is 12.9. The fourth-order valence-electron chi connectivity index (χ4n) is 2.13. The summed E-state index contributed by atoms with van der Waals surface area (Å²) in [6.07, 6.45) is -0.497. The normalized spacial score (nSPS) is 11.7. The second-order valence-electron chi connectivity index (χ2n) is 4.76. The Morgan fingerprint density at radius 1 is 1.04 bits per heavy atom. The first-order valence-corrected chi connectivity index (χ1v) is 7.60. The van der Waals surface area contributed by atoms with Crippen LogP contribution in [0.2, 0.25) is 10.0 Å². The highest BCUT2D eigenvalue weighted by atomic mass is 35.5. The van der Waals surface area contributed by atoms with E-state index in [2.05, 4.69) is 0 Å². The first kappa shape index (κ1) is 17.4. The van der Waals surface area contributed by atoms with Crippen molar-refractivity contribution in [2.75, 3.05) is 14.2 Å². The van der Waals surface area contributed by atoms with E-state index in [1.165, 1.54) is 26.4 Å². The average Bonchev–Trinajstić information content (AvgIpc) is 2.54. The Morgan fingerprint density at radius 3 is 2.35 bits per heavy atom. The van der Waals surface area contributed by atoms with Gasteiger partial charge in [0.1, 0.15) is 6.10 Å². The van der Waals surface area contributed by atoms with Crippen LogP contribution in [0.1, 0.15) is 28.9 Å². The van der Waals surface area contributed by atoms with E-state index in [0.29, 0.717) is 16.5 Å². The maximum atomic E-state index is 12.3. The summed E-state index contributed by atoms with van der Waals surface area (Å²) >= 11 is 12.2. The van der Waals surface area contributed by atoms with Crippen LogP contribution in [0, 0.1) is 0 Å². The van der Waals surface area contributed by atoms with Crippen molar-refractivity contribution in [3.63, 3.8) is 0 Å². The third-order valence-electron chi connectivity index (χ3n) is 3.30. The van der Waals surface area contributed by atoms with Gasteiger partial charge in [0.25, 0.3) is 0 Å². The van der Waals surface area contributed by atoms with Gasteiger partial charge in [-0.1, -0.05) is 41.4 Å². The molecule has 0 amide bonds. The Bertz CT molecular complexity index is 716. The molecule has 0 aliphatic rings. The van der Waals surface area contributed by atoms with Gasteiger partial charge in [0.2, 0.25) is 0 Å². The molecule has 1 atom stereocenters. The van der Waals surface area contributed by atoms with Crippen LogP contribution in [-0.2, 0) is 4.74 Å². The van der Waals surface area contributed by atoms with Crippen molar-refractivity contribution in [3.05, 3.63) is 57.6 Å². The predicted molar refractivity (Wildman–Crippen MR) is 89.8 cm³/mol. The van der Waals surface area contributed by atoms with Crippen LogP contribution in [0.4, 0.5) is 0 Å². The number of rotatable bonds is 5. The van der Waals surface area contributed by atoms with Crippen LogP contribution in [0.25, 0.3) is 0 Å². The number of esters is 1. The van der Waals surface area contributed by atoms with Crippen molar-refractivity contribution in [3.8, 4) is 11.5 Å². The molecule has 0 saturated heterocycles. The molecule has 122 valence electrons. The van der Waals surface area contributed by atoms with Gasteiger partial charge in [-0.15, -0.1) is 0 Å². The van der Waals surface area contributed by atoms with E-state index >= 15 is 0 Å². The molecule has 0 spiro atoms. The molecule has 0 fully saturated rings. The zero-order chi connectivity index (χ0) is 17.0. The van der Waals surface area contributed by atoms with Gasteiger partial charge in [0.15, 0.2) is 11.5 Å². The summed E-state index contributed by atoms with van der Waals surface area (Å²) in [6.45, 7) is 1.75. The zero-order valence-corrected chi connectivity index (χ0v) is 14.4. The highest BCUT2D eigenvalue weighted by Crippen LogP contribution is 2.36. The summed E-state index contributed by atoms with van der Waals surface area (Å²) in [5.41, 5.74) is 1.00. The number of benzene rings is 2. The molecular formula is C17H16Cl2O4. The Morgan fingerprint density at radius 2 is 1.74 bits per heavy atom. The third kappa shape index (κ3) is 3.89. The lowest BCUT2D eigenvalue weighted by molar-refractivity contribution is 0.0337. The SMILES string of the molecule is COc1cc(C(=O)OC(C)c2ccccc2Cl)cc(Cl)c1OC. The van der Waals surface area contributed by atoms with Crippen LogP contribution in [0.5, 0.6) is 11.5 Å². The molecule has 0 saturated carbocycles. The first-order valence-electron chi connectivity index (χ1n) is 6.84. The van der Waals surface area contributed by atoms with Gasteiger partial charge < -0.3 is 14.2 Å². The van der Waals surface area contributed by atoms with Gasteiger partial charge in [-0.2, -0.15) is 0 Å². The summed E-state index contributed by atoms with van der Waals surface area (Å²) in [5, 5.41) is 0.808. The third-order valence-corrected chi connectivity index (χ3v) is 3.92. The number of carbonyl (C=O) groups is 1. The molecule has 0 aliphatic carbocycles. The fourth-order valence-corrected chi connectivity index (χ4v) is 2.71. The number of hydrogen-bond acceptors (Lipinski definition) is 4. The Hall–Kier alpha value is -1.91. The molecule has 2 rings (SSSR count). The van der Waals surface area contributed by atoms with Crippen molar-refractivity contribution in [2.24, 2.45) is 0 Å². The molecule has 2 aromatic carbocycles. The van der Waals surface area contributed by atoms with Crippen LogP contribution < -0.4 is 9.47 Å². The molecule has 0 N–H and O–H groups in total. The fraction of sp³-hybridized carbons (Fsp3) is 0.235. The molecule has 4 nitrogen and oxygen atoms in total. The van der Waals surface area contributed by atoms with Gasteiger partial charge in [0.05, 0.1) is 24.8 Å². The maximum Gasteiger partial charge on any atom is 0.338 e. The van der Waals surface area contributed by atoms with Crippen LogP contribution in [0.15, 0.2) is 36.4 Å². The highest BCUT2D eigenvalue weighted by Gasteiger charge is 2.19. The topological polar surface area (TPSA) is 44.8 Å². The van der Waals surface area contributed by atoms with Crippen molar-refractivity contribution >= 4 is 29.2 Å². The number of methoxy groups -OCH3 is 2. The second-order valence-corrected chi connectivity index (χ2v) is 5.58. The minimum atomic E-state index is -0.528. The van der Waals surface area contributed by atoms with Crippen LogP contribution in [-0.4, -0.2) is 20.2 Å².